The van der Waals surface area contributed by atoms with E-state index in [1.165, 1.54) is 24.3 Å². The Bertz CT molecular complexity index is 1400. The Hall–Kier alpha value is -3.18. The first-order valence-electron chi connectivity index (χ1n) is 14.3. The Morgan fingerprint density at radius 2 is 1.82 bits per heavy atom. The number of ether oxygens (including phenoxy) is 3. The molecule has 3 aromatic rings. The van der Waals surface area contributed by atoms with Crippen LogP contribution in [0.15, 0.2) is 54.6 Å². The van der Waals surface area contributed by atoms with Crippen molar-refractivity contribution in [2.45, 2.75) is 77.9 Å². The minimum absolute atomic E-state index is 0.0766. The molecule has 0 radical (unpaired) electrons. The van der Waals surface area contributed by atoms with Crippen LogP contribution in [0.25, 0.3) is 11.1 Å². The topological polar surface area (TPSA) is 44.8 Å². The van der Waals surface area contributed by atoms with E-state index in [0.717, 1.165) is 60.1 Å². The molecule has 2 aliphatic carbocycles. The Morgan fingerprint density at radius 3 is 2.50 bits per heavy atom. The highest BCUT2D eigenvalue weighted by Crippen LogP contribution is 2.56. The second-order valence-corrected chi connectivity index (χ2v) is 12.6. The second kappa shape index (κ2) is 11.0. The first-order chi connectivity index (χ1) is 19.1. The number of carbonyl (C=O) groups is 1. The Labute approximate surface area is 237 Å². The summed E-state index contributed by atoms with van der Waals surface area (Å²) in [6.45, 7) is 8.74. The molecule has 3 aromatic carbocycles. The molecule has 5 heteroatoms. The lowest BCUT2D eigenvalue weighted by Crippen LogP contribution is -2.50. The first-order valence-corrected chi connectivity index (χ1v) is 14.3. The summed E-state index contributed by atoms with van der Waals surface area (Å²) in [5.74, 6) is 0.371. The molecule has 0 aliphatic heterocycles. The fourth-order valence-electron chi connectivity index (χ4n) is 6.92. The van der Waals surface area contributed by atoms with Crippen LogP contribution in [0.5, 0.6) is 5.75 Å². The van der Waals surface area contributed by atoms with Gasteiger partial charge in [0.25, 0.3) is 0 Å². The Kier molecular flexibility index (Phi) is 7.80. The van der Waals surface area contributed by atoms with Crippen molar-refractivity contribution in [3.05, 3.63) is 88.2 Å². The number of esters is 1. The largest absolute Gasteiger partial charge is 0.489 e. The summed E-state index contributed by atoms with van der Waals surface area (Å²) in [6.07, 6.45) is 4.77. The van der Waals surface area contributed by atoms with Gasteiger partial charge in [-0.15, -0.1) is 0 Å². The molecule has 1 saturated carbocycles. The van der Waals surface area contributed by atoms with Crippen molar-refractivity contribution in [2.24, 2.45) is 11.3 Å². The zero-order valence-corrected chi connectivity index (χ0v) is 24.6. The Morgan fingerprint density at radius 1 is 1.02 bits per heavy atom. The number of halogens is 1. The standard InChI is InChI=1S/C35H41FO4/c1-22-9-14-31(36)27(18-22)26-13-10-23(19-28(26)32(38-5)34(2,3)4)21-40-25-12-11-24-8-7-16-35(30(24)20-25)17-15-29(35)33(37)39-6/h9-14,18-20,29,32H,7-8,15-17,21H2,1-6H3/t29-,32+,35-/m0/s1. The number of aryl methyl sites for hydroxylation is 2. The average Bonchev–Trinajstić information content (AvgIpc) is 2.92. The smallest absolute Gasteiger partial charge is 0.309 e. The zero-order valence-electron chi connectivity index (χ0n) is 24.6. The molecule has 40 heavy (non-hydrogen) atoms. The van der Waals surface area contributed by atoms with Crippen molar-refractivity contribution in [1.82, 2.24) is 0 Å². The van der Waals surface area contributed by atoms with E-state index in [2.05, 4.69) is 39.0 Å². The van der Waals surface area contributed by atoms with E-state index >= 15 is 4.39 Å². The number of fused-ring (bicyclic) bond motifs is 2. The van der Waals surface area contributed by atoms with Gasteiger partial charge in [-0.3, -0.25) is 4.79 Å². The summed E-state index contributed by atoms with van der Waals surface area (Å²) >= 11 is 0. The summed E-state index contributed by atoms with van der Waals surface area (Å²) in [7, 11) is 3.19. The zero-order chi connectivity index (χ0) is 28.7. The van der Waals surface area contributed by atoms with Crippen molar-refractivity contribution in [2.75, 3.05) is 14.2 Å². The molecule has 0 bridgehead atoms. The van der Waals surface area contributed by atoms with Crippen molar-refractivity contribution in [3.8, 4) is 16.9 Å². The quantitative estimate of drug-likeness (QED) is 0.281. The van der Waals surface area contributed by atoms with Crippen LogP contribution in [0, 0.1) is 24.1 Å². The van der Waals surface area contributed by atoms with Gasteiger partial charge in [-0.05, 0) is 103 Å². The van der Waals surface area contributed by atoms with E-state index in [1.54, 1.807) is 13.2 Å². The lowest BCUT2D eigenvalue weighted by Gasteiger charge is -2.51. The summed E-state index contributed by atoms with van der Waals surface area (Å²) in [5, 5.41) is 0. The molecule has 2 aliphatic rings. The van der Waals surface area contributed by atoms with Gasteiger partial charge < -0.3 is 14.2 Å². The predicted molar refractivity (Wildman–Crippen MR) is 156 cm³/mol. The van der Waals surface area contributed by atoms with Crippen molar-refractivity contribution in [3.63, 3.8) is 0 Å². The van der Waals surface area contributed by atoms with Gasteiger partial charge in [-0.1, -0.05) is 50.6 Å². The van der Waals surface area contributed by atoms with Crippen LogP contribution in [0.3, 0.4) is 0 Å². The van der Waals surface area contributed by atoms with Gasteiger partial charge in [0.15, 0.2) is 0 Å². The van der Waals surface area contributed by atoms with Crippen LogP contribution < -0.4 is 4.74 Å². The van der Waals surface area contributed by atoms with Gasteiger partial charge in [0.05, 0.1) is 19.1 Å². The third-order valence-corrected chi connectivity index (χ3v) is 8.96. The number of benzene rings is 3. The summed E-state index contributed by atoms with van der Waals surface area (Å²) in [6, 6.07) is 17.6. The van der Waals surface area contributed by atoms with Crippen molar-refractivity contribution in [1.29, 1.82) is 0 Å². The van der Waals surface area contributed by atoms with E-state index in [-0.39, 0.29) is 34.6 Å². The Balaban J connectivity index is 1.46. The summed E-state index contributed by atoms with van der Waals surface area (Å²) < 4.78 is 32.5. The lowest BCUT2D eigenvalue weighted by atomic mass is 9.52. The van der Waals surface area contributed by atoms with E-state index in [0.29, 0.717) is 12.2 Å². The lowest BCUT2D eigenvalue weighted by molar-refractivity contribution is -0.153. The molecule has 0 heterocycles. The highest BCUT2D eigenvalue weighted by atomic mass is 19.1. The number of methoxy groups -OCH3 is 2. The molecule has 4 nitrogen and oxygen atoms in total. The summed E-state index contributed by atoms with van der Waals surface area (Å²) in [5.41, 5.74) is 6.58. The van der Waals surface area contributed by atoms with Gasteiger partial charge in [0.2, 0.25) is 0 Å². The maximum atomic E-state index is 15.0. The minimum atomic E-state index is -0.246. The molecule has 0 unspecified atom stereocenters. The maximum Gasteiger partial charge on any atom is 0.309 e. The molecule has 0 aromatic heterocycles. The minimum Gasteiger partial charge on any atom is -0.489 e. The van der Waals surface area contributed by atoms with Crippen molar-refractivity contribution >= 4 is 5.97 Å². The summed E-state index contributed by atoms with van der Waals surface area (Å²) in [4.78, 5) is 12.5. The van der Waals surface area contributed by atoms with E-state index in [1.807, 2.05) is 31.2 Å². The van der Waals surface area contributed by atoms with E-state index in [4.69, 9.17) is 14.2 Å². The van der Waals surface area contributed by atoms with Gasteiger partial charge in [-0.2, -0.15) is 0 Å². The molecule has 0 amide bonds. The molecular weight excluding hydrogens is 503 g/mol. The fourth-order valence-corrected chi connectivity index (χ4v) is 6.92. The van der Waals surface area contributed by atoms with Gasteiger partial charge in [-0.25, -0.2) is 4.39 Å². The number of hydrogen-bond donors (Lipinski definition) is 0. The van der Waals surface area contributed by atoms with E-state index < -0.39 is 0 Å². The van der Waals surface area contributed by atoms with E-state index in [9.17, 15) is 4.79 Å². The average molecular weight is 545 g/mol. The molecule has 3 atom stereocenters. The van der Waals surface area contributed by atoms with Crippen LogP contribution in [-0.2, 0) is 32.7 Å². The molecule has 1 fully saturated rings. The molecule has 0 saturated heterocycles. The van der Waals surface area contributed by atoms with Crippen LogP contribution in [0.2, 0.25) is 0 Å². The molecule has 1 spiro atoms. The van der Waals surface area contributed by atoms with Crippen molar-refractivity contribution < 1.29 is 23.4 Å². The first kappa shape index (κ1) is 28.4. The maximum absolute atomic E-state index is 15.0. The normalized spacial score (nSPS) is 20.9. The molecule has 5 rings (SSSR count). The second-order valence-electron chi connectivity index (χ2n) is 12.6. The third-order valence-electron chi connectivity index (χ3n) is 8.96. The van der Waals surface area contributed by atoms with Gasteiger partial charge >= 0.3 is 5.97 Å². The third kappa shape index (κ3) is 5.16. The number of carbonyl (C=O) groups excluding carboxylic acids is 1. The van der Waals surface area contributed by atoms with Crippen LogP contribution in [0.4, 0.5) is 4.39 Å². The predicted octanol–water partition coefficient (Wildman–Crippen LogP) is 8.27. The van der Waals surface area contributed by atoms with Crippen LogP contribution in [0.1, 0.15) is 80.4 Å². The highest BCUT2D eigenvalue weighted by molar-refractivity contribution is 5.76. The SMILES string of the molecule is COC(=O)[C@@H]1CC[C@@]12CCCc1ccc(OCc3ccc(-c4cc(C)ccc4F)c([C@@H](OC)C(C)(C)C)c3)cc12. The van der Waals surface area contributed by atoms with Crippen LogP contribution in [-0.4, -0.2) is 20.2 Å². The molecular formula is C35H41FO4. The fraction of sp³-hybridized carbons (Fsp3) is 0.457. The van der Waals surface area contributed by atoms with Crippen LogP contribution >= 0.6 is 0 Å². The molecule has 212 valence electrons. The number of hydrogen-bond acceptors (Lipinski definition) is 4. The number of rotatable bonds is 7. The monoisotopic (exact) mass is 544 g/mol. The molecule has 0 N–H and O–H groups in total. The van der Waals surface area contributed by atoms with Gasteiger partial charge in [0.1, 0.15) is 18.2 Å². The highest BCUT2D eigenvalue weighted by Gasteiger charge is 2.53. The van der Waals surface area contributed by atoms with Gasteiger partial charge in [0, 0.05) is 18.1 Å².